The first-order valence-electron chi connectivity index (χ1n) is 8.41. The summed E-state index contributed by atoms with van der Waals surface area (Å²) >= 11 is 0. The highest BCUT2D eigenvalue weighted by molar-refractivity contribution is 5.39. The van der Waals surface area contributed by atoms with Gasteiger partial charge in [-0.2, -0.15) is 0 Å². The Labute approximate surface area is 143 Å². The van der Waals surface area contributed by atoms with Crippen LogP contribution in [0.25, 0.3) is 0 Å². The Balaban J connectivity index is 1.51. The second-order valence-corrected chi connectivity index (χ2v) is 6.43. The predicted octanol–water partition coefficient (Wildman–Crippen LogP) is 1.77. The molecule has 2 aromatic heterocycles. The summed E-state index contributed by atoms with van der Waals surface area (Å²) in [6.45, 7) is 3.60. The molecule has 0 aromatic carbocycles. The average Bonchev–Trinajstić information content (AvgIpc) is 2.61. The zero-order chi connectivity index (χ0) is 16.8. The second kappa shape index (κ2) is 8.17. The zero-order valence-electron chi connectivity index (χ0n) is 14.4. The van der Waals surface area contributed by atoms with E-state index in [1.54, 1.807) is 6.33 Å². The van der Waals surface area contributed by atoms with Crippen LogP contribution in [-0.2, 0) is 17.7 Å². The molecule has 1 fully saturated rings. The third-order valence-electron chi connectivity index (χ3n) is 4.27. The predicted molar refractivity (Wildman–Crippen MR) is 93.9 cm³/mol. The maximum absolute atomic E-state index is 5.95. The van der Waals surface area contributed by atoms with Gasteiger partial charge in [0.2, 0.25) is 0 Å². The monoisotopic (exact) mass is 327 g/mol. The first-order valence-corrected chi connectivity index (χ1v) is 8.41. The summed E-state index contributed by atoms with van der Waals surface area (Å²) < 4.78 is 5.95. The molecular formula is C18H25N5O. The summed E-state index contributed by atoms with van der Waals surface area (Å²) in [5, 5.41) is 0. The van der Waals surface area contributed by atoms with Crippen molar-refractivity contribution in [3.05, 3.63) is 48.2 Å². The molecule has 128 valence electrons. The van der Waals surface area contributed by atoms with E-state index in [0.717, 1.165) is 50.5 Å². The van der Waals surface area contributed by atoms with Crippen LogP contribution in [0.4, 0.5) is 5.82 Å². The van der Waals surface area contributed by atoms with Crippen LogP contribution in [0.3, 0.4) is 0 Å². The van der Waals surface area contributed by atoms with E-state index in [1.165, 1.54) is 5.56 Å². The van der Waals surface area contributed by atoms with Crippen LogP contribution in [0.5, 0.6) is 0 Å². The van der Waals surface area contributed by atoms with Crippen molar-refractivity contribution in [3.8, 4) is 0 Å². The molecule has 24 heavy (non-hydrogen) atoms. The third-order valence-corrected chi connectivity index (χ3v) is 4.27. The van der Waals surface area contributed by atoms with E-state index in [4.69, 9.17) is 4.74 Å². The third kappa shape index (κ3) is 4.72. The number of aromatic nitrogens is 3. The van der Waals surface area contributed by atoms with Gasteiger partial charge < -0.3 is 9.64 Å². The number of anilines is 1. The molecule has 0 N–H and O–H groups in total. The molecule has 3 rings (SSSR count). The van der Waals surface area contributed by atoms with Crippen molar-refractivity contribution >= 4 is 5.82 Å². The van der Waals surface area contributed by atoms with Crippen molar-refractivity contribution in [2.24, 2.45) is 0 Å². The van der Waals surface area contributed by atoms with E-state index in [1.807, 2.05) is 37.6 Å². The number of hydrogen-bond acceptors (Lipinski definition) is 6. The Bertz CT molecular complexity index is 634. The highest BCUT2D eigenvalue weighted by Gasteiger charge is 2.20. The van der Waals surface area contributed by atoms with Crippen LogP contribution >= 0.6 is 0 Å². The standard InChI is InChI=1S/C18H25N5O/c1-22(2)18-9-15(5-6-21-18)3-4-17-13-23(7-8-24-17)12-16-10-19-14-20-11-16/h5-6,9-11,14,17H,3-4,7-8,12-13H2,1-2H3/t17-/m1/s1. The van der Waals surface area contributed by atoms with Gasteiger partial charge in [-0.25, -0.2) is 15.0 Å². The summed E-state index contributed by atoms with van der Waals surface area (Å²) in [6, 6.07) is 4.25. The van der Waals surface area contributed by atoms with Crippen LogP contribution in [0.2, 0.25) is 0 Å². The van der Waals surface area contributed by atoms with Gasteiger partial charge in [0.1, 0.15) is 12.1 Å². The van der Waals surface area contributed by atoms with Gasteiger partial charge in [-0.3, -0.25) is 4.90 Å². The smallest absolute Gasteiger partial charge is 0.128 e. The van der Waals surface area contributed by atoms with Gasteiger partial charge >= 0.3 is 0 Å². The summed E-state index contributed by atoms with van der Waals surface area (Å²) in [6.07, 6.45) is 9.54. The largest absolute Gasteiger partial charge is 0.376 e. The van der Waals surface area contributed by atoms with Crippen molar-refractivity contribution in [2.75, 3.05) is 38.7 Å². The lowest BCUT2D eigenvalue weighted by Gasteiger charge is -2.33. The second-order valence-electron chi connectivity index (χ2n) is 6.43. The van der Waals surface area contributed by atoms with Gasteiger partial charge in [0, 0.05) is 57.9 Å². The van der Waals surface area contributed by atoms with Crippen molar-refractivity contribution < 1.29 is 4.74 Å². The molecule has 0 aliphatic carbocycles. The summed E-state index contributed by atoms with van der Waals surface area (Å²) in [5.41, 5.74) is 2.47. The van der Waals surface area contributed by atoms with Crippen LogP contribution in [0.1, 0.15) is 17.5 Å². The Hall–Kier alpha value is -2.05. The SMILES string of the molecule is CN(C)c1cc(CC[C@@H]2CN(Cc3cncnc3)CCO2)ccn1. The van der Waals surface area contributed by atoms with Gasteiger partial charge in [-0.05, 0) is 30.5 Å². The van der Waals surface area contributed by atoms with Gasteiger partial charge in [0.05, 0.1) is 12.7 Å². The molecule has 1 aliphatic rings. The number of rotatable bonds is 6. The molecule has 1 aliphatic heterocycles. The Morgan fingerprint density at radius 2 is 2.08 bits per heavy atom. The number of hydrogen-bond donors (Lipinski definition) is 0. The van der Waals surface area contributed by atoms with Crippen LogP contribution in [0, 0.1) is 0 Å². The fraction of sp³-hybridized carbons (Fsp3) is 0.500. The van der Waals surface area contributed by atoms with E-state index in [9.17, 15) is 0 Å². The van der Waals surface area contributed by atoms with Crippen molar-refractivity contribution in [3.63, 3.8) is 0 Å². The molecule has 6 heteroatoms. The van der Waals surface area contributed by atoms with E-state index in [2.05, 4.69) is 32.0 Å². The highest BCUT2D eigenvalue weighted by atomic mass is 16.5. The topological polar surface area (TPSA) is 54.4 Å². The lowest BCUT2D eigenvalue weighted by Crippen LogP contribution is -2.42. The fourth-order valence-corrected chi connectivity index (χ4v) is 2.96. The maximum atomic E-state index is 5.95. The number of aryl methyl sites for hydroxylation is 1. The minimum absolute atomic E-state index is 0.277. The first kappa shape index (κ1) is 16.8. The van der Waals surface area contributed by atoms with Gasteiger partial charge in [-0.1, -0.05) is 0 Å². The number of nitrogens with zero attached hydrogens (tertiary/aromatic N) is 5. The normalized spacial score (nSPS) is 18.5. The van der Waals surface area contributed by atoms with E-state index in [0.29, 0.717) is 0 Å². The first-order chi connectivity index (χ1) is 11.7. The molecule has 3 heterocycles. The van der Waals surface area contributed by atoms with Gasteiger partial charge in [0.25, 0.3) is 0 Å². The lowest BCUT2D eigenvalue weighted by molar-refractivity contribution is -0.0346. The molecule has 1 atom stereocenters. The Kier molecular flexibility index (Phi) is 5.72. The van der Waals surface area contributed by atoms with Gasteiger partial charge in [0.15, 0.2) is 0 Å². The van der Waals surface area contributed by atoms with E-state index in [-0.39, 0.29) is 6.10 Å². The number of ether oxygens (including phenoxy) is 1. The molecule has 0 unspecified atom stereocenters. The quantitative estimate of drug-likeness (QED) is 0.806. The van der Waals surface area contributed by atoms with Crippen LogP contribution in [-0.4, -0.2) is 59.7 Å². The Morgan fingerprint density at radius 3 is 2.88 bits per heavy atom. The average molecular weight is 327 g/mol. The minimum Gasteiger partial charge on any atom is -0.376 e. The molecule has 6 nitrogen and oxygen atoms in total. The van der Waals surface area contributed by atoms with Crippen LogP contribution < -0.4 is 4.90 Å². The molecular weight excluding hydrogens is 302 g/mol. The van der Waals surface area contributed by atoms with Crippen molar-refractivity contribution in [2.45, 2.75) is 25.5 Å². The fourth-order valence-electron chi connectivity index (χ4n) is 2.96. The molecule has 0 radical (unpaired) electrons. The minimum atomic E-state index is 0.277. The molecule has 1 saturated heterocycles. The summed E-state index contributed by atoms with van der Waals surface area (Å²) in [5.74, 6) is 1.00. The van der Waals surface area contributed by atoms with Crippen LogP contribution in [0.15, 0.2) is 37.1 Å². The molecule has 2 aromatic rings. The number of morpholine rings is 1. The Morgan fingerprint density at radius 1 is 1.25 bits per heavy atom. The molecule has 0 spiro atoms. The molecule has 0 saturated carbocycles. The van der Waals surface area contributed by atoms with Gasteiger partial charge in [-0.15, -0.1) is 0 Å². The molecule has 0 bridgehead atoms. The molecule has 0 amide bonds. The summed E-state index contributed by atoms with van der Waals surface area (Å²) in [7, 11) is 4.03. The summed E-state index contributed by atoms with van der Waals surface area (Å²) in [4.78, 5) is 17.0. The maximum Gasteiger partial charge on any atom is 0.128 e. The van der Waals surface area contributed by atoms with E-state index < -0.39 is 0 Å². The lowest BCUT2D eigenvalue weighted by atomic mass is 10.1. The van der Waals surface area contributed by atoms with E-state index >= 15 is 0 Å². The number of pyridine rings is 1. The highest BCUT2D eigenvalue weighted by Crippen LogP contribution is 2.16. The van der Waals surface area contributed by atoms with Crippen molar-refractivity contribution in [1.82, 2.24) is 19.9 Å². The van der Waals surface area contributed by atoms with Crippen molar-refractivity contribution in [1.29, 1.82) is 0 Å². The zero-order valence-corrected chi connectivity index (χ0v) is 14.4.